The Labute approximate surface area is 181 Å². The fourth-order valence-corrected chi connectivity index (χ4v) is 5.63. The van der Waals surface area contributed by atoms with Crippen molar-refractivity contribution in [2.24, 2.45) is 0 Å². The summed E-state index contributed by atoms with van der Waals surface area (Å²) >= 11 is 0. The molecule has 0 bridgehead atoms. The standard InChI is InChI=1S/C24H27N5O2/c1-15-23(16(2)31-26-15)24(30)29-9-6-17-12-20-19(13-22(17)29)21(5-7-25-20)28-11-10-27-8-3-4-18(27)14-28/h5,7,12-13,18H,3-4,6,8-11,14H2,1-2H3/t18-/m0/s1. The number of fused-ring (bicyclic) bond motifs is 3. The lowest BCUT2D eigenvalue weighted by atomic mass is 10.0. The molecule has 0 N–H and O–H groups in total. The average Bonchev–Trinajstić information content (AvgIpc) is 3.49. The molecule has 3 aliphatic rings. The van der Waals surface area contributed by atoms with Crippen molar-refractivity contribution in [3.63, 3.8) is 0 Å². The molecule has 2 fully saturated rings. The van der Waals surface area contributed by atoms with E-state index in [0.29, 0.717) is 29.6 Å². The molecule has 0 aliphatic carbocycles. The van der Waals surface area contributed by atoms with Crippen LogP contribution < -0.4 is 9.80 Å². The molecule has 0 radical (unpaired) electrons. The van der Waals surface area contributed by atoms with Crippen molar-refractivity contribution in [3.8, 4) is 0 Å². The molecule has 31 heavy (non-hydrogen) atoms. The van der Waals surface area contributed by atoms with Crippen LogP contribution in [0, 0.1) is 13.8 Å². The first-order chi connectivity index (χ1) is 15.1. The quantitative estimate of drug-likeness (QED) is 0.637. The van der Waals surface area contributed by atoms with Gasteiger partial charge in [-0.25, -0.2) is 0 Å². The topological polar surface area (TPSA) is 65.7 Å². The minimum absolute atomic E-state index is 0.0284. The van der Waals surface area contributed by atoms with Gasteiger partial charge in [0.25, 0.3) is 5.91 Å². The predicted molar refractivity (Wildman–Crippen MR) is 120 cm³/mol. The van der Waals surface area contributed by atoms with Crippen molar-refractivity contribution in [2.75, 3.05) is 42.5 Å². The molecular formula is C24H27N5O2. The second-order valence-electron chi connectivity index (χ2n) is 9.01. The molecule has 160 valence electrons. The second-order valence-corrected chi connectivity index (χ2v) is 9.01. The van der Waals surface area contributed by atoms with Gasteiger partial charge in [0.15, 0.2) is 0 Å². The maximum absolute atomic E-state index is 13.4. The van der Waals surface area contributed by atoms with Crippen LogP contribution in [0.5, 0.6) is 0 Å². The first-order valence-corrected chi connectivity index (χ1v) is 11.3. The van der Waals surface area contributed by atoms with E-state index in [0.717, 1.165) is 42.6 Å². The fraction of sp³-hybridized carbons (Fsp3) is 0.458. The summed E-state index contributed by atoms with van der Waals surface area (Å²) in [7, 11) is 0. The molecule has 7 heteroatoms. The summed E-state index contributed by atoms with van der Waals surface area (Å²) in [6, 6.07) is 7.14. The van der Waals surface area contributed by atoms with Crippen LogP contribution in [0.25, 0.3) is 10.9 Å². The fourth-order valence-electron chi connectivity index (χ4n) is 5.63. The number of piperazine rings is 1. The lowest BCUT2D eigenvalue weighted by Crippen LogP contribution is -2.50. The Morgan fingerprint density at radius 2 is 2.03 bits per heavy atom. The summed E-state index contributed by atoms with van der Waals surface area (Å²) < 4.78 is 5.25. The summed E-state index contributed by atoms with van der Waals surface area (Å²) in [5.74, 6) is 0.549. The van der Waals surface area contributed by atoms with Gasteiger partial charge in [-0.05, 0) is 63.4 Å². The molecule has 0 saturated carbocycles. The Kier molecular flexibility index (Phi) is 4.28. The number of nitrogens with zero attached hydrogens (tertiary/aromatic N) is 5. The highest BCUT2D eigenvalue weighted by molar-refractivity contribution is 6.10. The van der Waals surface area contributed by atoms with Crippen LogP contribution in [0.15, 0.2) is 28.9 Å². The zero-order valence-electron chi connectivity index (χ0n) is 18.1. The number of rotatable bonds is 2. The van der Waals surface area contributed by atoms with Crippen molar-refractivity contribution in [1.29, 1.82) is 0 Å². The summed E-state index contributed by atoms with van der Waals surface area (Å²) in [6.07, 6.45) is 5.36. The SMILES string of the molecule is Cc1noc(C)c1C(=O)N1CCc2cc3nccc(N4CCN5CCC[C@H]5C4)c3cc21. The van der Waals surface area contributed by atoms with Gasteiger partial charge < -0.3 is 14.3 Å². The Morgan fingerprint density at radius 1 is 1.13 bits per heavy atom. The van der Waals surface area contributed by atoms with Crippen LogP contribution in [-0.4, -0.2) is 59.7 Å². The summed E-state index contributed by atoms with van der Waals surface area (Å²) in [5, 5.41) is 5.10. The first kappa shape index (κ1) is 18.8. The van der Waals surface area contributed by atoms with E-state index in [2.05, 4.69) is 38.1 Å². The maximum Gasteiger partial charge on any atom is 0.263 e. The number of carbonyl (C=O) groups excluding carboxylic acids is 1. The Hall–Kier alpha value is -2.93. The molecule has 2 aromatic heterocycles. The van der Waals surface area contributed by atoms with Crippen molar-refractivity contribution in [2.45, 2.75) is 39.2 Å². The van der Waals surface area contributed by atoms with Gasteiger partial charge in [0.1, 0.15) is 11.3 Å². The normalized spacial score (nSPS) is 21.0. The molecule has 1 aromatic carbocycles. The number of aryl methyl sites for hydroxylation is 2. The van der Waals surface area contributed by atoms with E-state index in [4.69, 9.17) is 4.52 Å². The van der Waals surface area contributed by atoms with Gasteiger partial charge >= 0.3 is 0 Å². The average molecular weight is 418 g/mol. The van der Waals surface area contributed by atoms with Crippen molar-refractivity contribution in [3.05, 3.63) is 47.0 Å². The molecule has 2 saturated heterocycles. The van der Waals surface area contributed by atoms with E-state index in [1.165, 1.54) is 30.6 Å². The Morgan fingerprint density at radius 3 is 2.87 bits per heavy atom. The molecular weight excluding hydrogens is 390 g/mol. The minimum atomic E-state index is -0.0284. The number of amides is 1. The zero-order chi connectivity index (χ0) is 21.1. The molecule has 3 aromatic rings. The third kappa shape index (κ3) is 2.94. The third-order valence-corrected chi connectivity index (χ3v) is 7.23. The van der Waals surface area contributed by atoms with E-state index in [1.807, 2.05) is 18.0 Å². The van der Waals surface area contributed by atoms with Crippen LogP contribution in [0.1, 0.15) is 40.2 Å². The maximum atomic E-state index is 13.4. The minimum Gasteiger partial charge on any atom is -0.368 e. The molecule has 6 rings (SSSR count). The molecule has 1 atom stereocenters. The predicted octanol–water partition coefficient (Wildman–Crippen LogP) is 3.33. The summed E-state index contributed by atoms with van der Waals surface area (Å²) in [5.41, 5.74) is 5.64. The van der Waals surface area contributed by atoms with Crippen LogP contribution in [-0.2, 0) is 6.42 Å². The number of aromatic nitrogens is 2. The van der Waals surface area contributed by atoms with Gasteiger partial charge in [0.2, 0.25) is 0 Å². The third-order valence-electron chi connectivity index (χ3n) is 7.23. The molecule has 7 nitrogen and oxygen atoms in total. The van der Waals surface area contributed by atoms with Crippen molar-refractivity contribution in [1.82, 2.24) is 15.0 Å². The Bertz CT molecular complexity index is 1170. The van der Waals surface area contributed by atoms with Crippen LogP contribution in [0.3, 0.4) is 0 Å². The number of pyridine rings is 1. The first-order valence-electron chi connectivity index (χ1n) is 11.3. The zero-order valence-corrected chi connectivity index (χ0v) is 18.1. The molecule has 1 amide bonds. The van der Waals surface area contributed by atoms with Gasteiger partial charge in [0, 0.05) is 55.2 Å². The Balaban J connectivity index is 1.40. The highest BCUT2D eigenvalue weighted by Crippen LogP contribution is 2.37. The summed E-state index contributed by atoms with van der Waals surface area (Å²) in [6.45, 7) is 8.76. The van der Waals surface area contributed by atoms with Gasteiger partial charge in [-0.15, -0.1) is 0 Å². The van der Waals surface area contributed by atoms with E-state index < -0.39 is 0 Å². The van der Waals surface area contributed by atoms with E-state index in [1.54, 1.807) is 6.92 Å². The van der Waals surface area contributed by atoms with Crippen LogP contribution in [0.2, 0.25) is 0 Å². The van der Waals surface area contributed by atoms with E-state index >= 15 is 0 Å². The van der Waals surface area contributed by atoms with Gasteiger partial charge in [-0.2, -0.15) is 0 Å². The number of anilines is 2. The monoisotopic (exact) mass is 417 g/mol. The highest BCUT2D eigenvalue weighted by Gasteiger charge is 2.33. The largest absolute Gasteiger partial charge is 0.368 e. The molecule has 3 aliphatic heterocycles. The van der Waals surface area contributed by atoms with Gasteiger partial charge in [0.05, 0.1) is 11.2 Å². The van der Waals surface area contributed by atoms with Crippen molar-refractivity contribution < 1.29 is 9.32 Å². The van der Waals surface area contributed by atoms with Gasteiger partial charge in [-0.3, -0.25) is 14.7 Å². The van der Waals surface area contributed by atoms with Crippen LogP contribution in [0.4, 0.5) is 11.4 Å². The lowest BCUT2D eigenvalue weighted by Gasteiger charge is -2.39. The number of hydrogen-bond donors (Lipinski definition) is 0. The molecule has 0 spiro atoms. The van der Waals surface area contributed by atoms with Crippen LogP contribution >= 0.6 is 0 Å². The lowest BCUT2D eigenvalue weighted by molar-refractivity contribution is 0.0987. The van der Waals surface area contributed by atoms with E-state index in [9.17, 15) is 4.79 Å². The molecule has 5 heterocycles. The van der Waals surface area contributed by atoms with E-state index in [-0.39, 0.29) is 5.91 Å². The van der Waals surface area contributed by atoms with Crippen molar-refractivity contribution >= 4 is 28.2 Å². The number of benzene rings is 1. The number of hydrogen-bond acceptors (Lipinski definition) is 6. The smallest absolute Gasteiger partial charge is 0.263 e. The summed E-state index contributed by atoms with van der Waals surface area (Å²) in [4.78, 5) is 25.0. The molecule has 0 unspecified atom stereocenters. The second kappa shape index (κ2) is 7.05. The number of carbonyl (C=O) groups is 1. The van der Waals surface area contributed by atoms with Gasteiger partial charge in [-0.1, -0.05) is 5.16 Å². The highest BCUT2D eigenvalue weighted by atomic mass is 16.5.